The molecule has 6 nitrogen and oxygen atoms in total. The number of hydrogen-bond donors (Lipinski definition) is 0. The van der Waals surface area contributed by atoms with E-state index in [0.717, 1.165) is 8.14 Å². The highest BCUT2D eigenvalue weighted by molar-refractivity contribution is 14.1. The molecule has 110 valence electrons. The minimum absolute atomic E-state index is 0.133. The van der Waals surface area contributed by atoms with E-state index in [1.807, 2.05) is 28.7 Å². The average Bonchev–Trinajstić information content (AvgIpc) is 2.47. The summed E-state index contributed by atoms with van der Waals surface area (Å²) in [5.41, 5.74) is -0.0874. The monoisotopic (exact) mass is 400 g/mol. The molecule has 0 atom stereocenters. The van der Waals surface area contributed by atoms with Crippen LogP contribution in [-0.4, -0.2) is 15.1 Å². The first-order valence-electron chi connectivity index (χ1n) is 6.09. The molecule has 0 bridgehead atoms. The van der Waals surface area contributed by atoms with Crippen LogP contribution >= 0.6 is 22.6 Å². The van der Waals surface area contributed by atoms with E-state index in [2.05, 4.69) is 0 Å². The highest BCUT2D eigenvalue weighted by Gasteiger charge is 2.12. The van der Waals surface area contributed by atoms with Gasteiger partial charge < -0.3 is 4.74 Å². The van der Waals surface area contributed by atoms with Crippen LogP contribution in [0.1, 0.15) is 16.1 Å². The lowest BCUT2D eigenvalue weighted by Crippen LogP contribution is -2.38. The fraction of sp³-hybridized carbons (Fsp3) is 0.214. The van der Waals surface area contributed by atoms with Gasteiger partial charge in [-0.05, 0) is 34.7 Å². The Morgan fingerprint density at radius 3 is 2.52 bits per heavy atom. The molecule has 21 heavy (non-hydrogen) atoms. The van der Waals surface area contributed by atoms with Gasteiger partial charge in [0.1, 0.15) is 6.61 Å². The first-order chi connectivity index (χ1) is 9.91. The van der Waals surface area contributed by atoms with E-state index in [4.69, 9.17) is 4.74 Å². The number of aromatic nitrogens is 2. The van der Waals surface area contributed by atoms with E-state index >= 15 is 0 Å². The summed E-state index contributed by atoms with van der Waals surface area (Å²) >= 11 is 2.04. The zero-order valence-electron chi connectivity index (χ0n) is 11.5. The van der Waals surface area contributed by atoms with Crippen molar-refractivity contribution in [3.05, 3.63) is 66.0 Å². The molecule has 0 saturated carbocycles. The van der Waals surface area contributed by atoms with Crippen molar-refractivity contribution >= 4 is 28.6 Å². The van der Waals surface area contributed by atoms with Crippen LogP contribution in [0.3, 0.4) is 0 Å². The minimum Gasteiger partial charge on any atom is -0.456 e. The molecule has 7 heteroatoms. The van der Waals surface area contributed by atoms with Crippen LogP contribution in [0, 0.1) is 3.57 Å². The Balaban J connectivity index is 2.22. The molecule has 0 N–H and O–H groups in total. The average molecular weight is 400 g/mol. The number of ether oxygens (including phenoxy) is 1. The number of halogens is 1. The number of carbonyl (C=O) groups is 1. The molecule has 0 amide bonds. The molecule has 0 aliphatic rings. The topological polar surface area (TPSA) is 70.3 Å². The van der Waals surface area contributed by atoms with E-state index in [-0.39, 0.29) is 6.61 Å². The maximum absolute atomic E-state index is 12.0. The maximum Gasteiger partial charge on any atom is 0.339 e. The smallest absolute Gasteiger partial charge is 0.339 e. The number of nitrogens with zero attached hydrogens (tertiary/aromatic N) is 2. The van der Waals surface area contributed by atoms with E-state index in [9.17, 15) is 14.4 Å². The highest BCUT2D eigenvalue weighted by atomic mass is 127. The second-order valence-electron chi connectivity index (χ2n) is 4.43. The van der Waals surface area contributed by atoms with Gasteiger partial charge in [-0.25, -0.2) is 9.59 Å². The Morgan fingerprint density at radius 2 is 1.86 bits per heavy atom. The number of carbonyl (C=O) groups excluding carboxylic acids is 1. The van der Waals surface area contributed by atoms with Gasteiger partial charge in [0.05, 0.1) is 11.3 Å². The molecule has 1 aromatic heterocycles. The van der Waals surface area contributed by atoms with Gasteiger partial charge in [-0.1, -0.05) is 12.1 Å². The van der Waals surface area contributed by atoms with Gasteiger partial charge in [0.15, 0.2) is 0 Å². The normalized spacial score (nSPS) is 10.4. The van der Waals surface area contributed by atoms with Crippen LogP contribution in [-0.2, 0) is 25.4 Å². The van der Waals surface area contributed by atoms with Gasteiger partial charge in [0.25, 0.3) is 5.56 Å². The van der Waals surface area contributed by atoms with E-state index in [0.29, 0.717) is 11.3 Å². The Bertz CT molecular complexity index is 807. The summed E-state index contributed by atoms with van der Waals surface area (Å²) in [5, 5.41) is 0. The van der Waals surface area contributed by atoms with Crippen molar-refractivity contribution in [3.63, 3.8) is 0 Å². The molecule has 0 aliphatic carbocycles. The number of benzene rings is 1. The van der Waals surface area contributed by atoms with Gasteiger partial charge in [0.2, 0.25) is 0 Å². The van der Waals surface area contributed by atoms with Crippen LogP contribution in [0.2, 0.25) is 0 Å². The fourth-order valence-electron chi connectivity index (χ4n) is 1.76. The molecule has 0 saturated heterocycles. The van der Waals surface area contributed by atoms with Crippen LogP contribution < -0.4 is 11.2 Å². The standard InChI is InChI=1S/C14H13IN2O4/c1-16-9(7-12(18)17(2)14(16)20)8-21-13(19)10-5-3-4-6-11(10)15/h3-7H,8H2,1-2H3. The molecular formula is C14H13IN2O4. The summed E-state index contributed by atoms with van der Waals surface area (Å²) in [5.74, 6) is -0.492. The fourth-order valence-corrected chi connectivity index (χ4v) is 2.37. The van der Waals surface area contributed by atoms with Gasteiger partial charge in [-0.15, -0.1) is 0 Å². The van der Waals surface area contributed by atoms with Crippen molar-refractivity contribution in [1.29, 1.82) is 0 Å². The highest BCUT2D eigenvalue weighted by Crippen LogP contribution is 2.13. The van der Waals surface area contributed by atoms with E-state index in [1.165, 1.54) is 24.7 Å². The molecule has 0 unspecified atom stereocenters. The van der Waals surface area contributed by atoms with Crippen molar-refractivity contribution in [1.82, 2.24) is 9.13 Å². The summed E-state index contributed by atoms with van der Waals surface area (Å²) in [7, 11) is 2.92. The van der Waals surface area contributed by atoms with E-state index in [1.54, 1.807) is 18.2 Å². The Labute approximate surface area is 134 Å². The third kappa shape index (κ3) is 3.23. The maximum atomic E-state index is 12.0. The van der Waals surface area contributed by atoms with Crippen molar-refractivity contribution < 1.29 is 9.53 Å². The molecule has 0 aliphatic heterocycles. The Morgan fingerprint density at radius 1 is 1.19 bits per heavy atom. The van der Waals surface area contributed by atoms with Gasteiger partial charge in [0, 0.05) is 23.7 Å². The van der Waals surface area contributed by atoms with Crippen molar-refractivity contribution in [3.8, 4) is 0 Å². The number of hydrogen-bond acceptors (Lipinski definition) is 4. The number of esters is 1. The predicted molar refractivity (Wildman–Crippen MR) is 85.2 cm³/mol. The van der Waals surface area contributed by atoms with Crippen LogP contribution in [0.4, 0.5) is 0 Å². The molecule has 0 spiro atoms. The SMILES string of the molecule is Cn1c(COC(=O)c2ccccc2I)cc(=O)n(C)c1=O. The molecule has 0 fully saturated rings. The second kappa shape index (κ2) is 6.25. The van der Waals surface area contributed by atoms with Gasteiger partial charge in [-0.2, -0.15) is 0 Å². The van der Waals surface area contributed by atoms with E-state index < -0.39 is 17.2 Å². The molecule has 2 aromatic rings. The lowest BCUT2D eigenvalue weighted by atomic mass is 10.2. The summed E-state index contributed by atoms with van der Waals surface area (Å²) in [6.07, 6.45) is 0. The van der Waals surface area contributed by atoms with Gasteiger partial charge in [-0.3, -0.25) is 13.9 Å². The van der Waals surface area contributed by atoms with Crippen LogP contribution in [0.15, 0.2) is 39.9 Å². The first kappa shape index (κ1) is 15.5. The zero-order valence-corrected chi connectivity index (χ0v) is 13.7. The van der Waals surface area contributed by atoms with Crippen molar-refractivity contribution in [2.75, 3.05) is 0 Å². The summed E-state index contributed by atoms with van der Waals surface area (Å²) in [6.45, 7) is -0.133. The summed E-state index contributed by atoms with van der Waals surface area (Å²) in [4.78, 5) is 35.3. The van der Waals surface area contributed by atoms with Crippen molar-refractivity contribution in [2.24, 2.45) is 14.1 Å². The third-order valence-corrected chi connectivity index (χ3v) is 4.01. The lowest BCUT2D eigenvalue weighted by molar-refractivity contribution is 0.0461. The second-order valence-corrected chi connectivity index (χ2v) is 5.59. The summed E-state index contributed by atoms with van der Waals surface area (Å²) in [6, 6.07) is 8.30. The van der Waals surface area contributed by atoms with Crippen LogP contribution in [0.5, 0.6) is 0 Å². The molecule has 0 radical (unpaired) electrons. The molecule has 2 rings (SSSR count). The summed E-state index contributed by atoms with van der Waals surface area (Å²) < 4.78 is 8.22. The lowest BCUT2D eigenvalue weighted by Gasteiger charge is -2.10. The van der Waals surface area contributed by atoms with Crippen LogP contribution in [0.25, 0.3) is 0 Å². The molecule has 1 aromatic carbocycles. The third-order valence-electron chi connectivity index (χ3n) is 3.07. The Kier molecular flexibility index (Phi) is 4.61. The molecule has 1 heterocycles. The van der Waals surface area contributed by atoms with Gasteiger partial charge >= 0.3 is 11.7 Å². The quantitative estimate of drug-likeness (QED) is 0.571. The predicted octanol–water partition coefficient (Wildman–Crippen LogP) is 1.05. The molecular weight excluding hydrogens is 387 g/mol. The zero-order chi connectivity index (χ0) is 15.6. The van der Waals surface area contributed by atoms with Crippen molar-refractivity contribution in [2.45, 2.75) is 6.61 Å². The first-order valence-corrected chi connectivity index (χ1v) is 7.17. The minimum atomic E-state index is -0.492. The largest absolute Gasteiger partial charge is 0.456 e. The Hall–Kier alpha value is -1.90. The number of rotatable bonds is 3.